The van der Waals surface area contributed by atoms with E-state index in [-0.39, 0.29) is 40.5 Å². The number of rotatable bonds is 4. The normalized spacial score (nSPS) is 23.5. The number of anilines is 1. The van der Waals surface area contributed by atoms with E-state index in [1.165, 1.54) is 4.68 Å². The fourth-order valence-corrected chi connectivity index (χ4v) is 5.64. The average Bonchev–Trinajstić information content (AvgIpc) is 3.66. The van der Waals surface area contributed by atoms with E-state index in [9.17, 15) is 26.3 Å². The SMILES string of the molecule is C=C(c1nc(-c2cc(N)nc(C)c2C(F)(F)F)c(F)c2c1c(C1[C@H]3CNC[C@@H]13)nn2C1CC1)C(F)(F)F. The molecule has 196 valence electrons. The lowest BCUT2D eigenvalue weighted by Gasteiger charge is -2.18. The van der Waals surface area contributed by atoms with E-state index in [2.05, 4.69) is 27.0 Å². The molecule has 4 heterocycles. The molecule has 0 amide bonds. The van der Waals surface area contributed by atoms with Gasteiger partial charge in [0.25, 0.3) is 0 Å². The topological polar surface area (TPSA) is 81.7 Å². The van der Waals surface area contributed by atoms with Crippen molar-refractivity contribution in [2.24, 2.45) is 11.8 Å². The molecular formula is C24H21F7N6. The van der Waals surface area contributed by atoms with Crippen molar-refractivity contribution < 1.29 is 30.7 Å². The number of nitrogens with zero attached hydrogens (tertiary/aromatic N) is 4. The van der Waals surface area contributed by atoms with Crippen LogP contribution < -0.4 is 11.1 Å². The molecule has 13 heteroatoms. The van der Waals surface area contributed by atoms with Gasteiger partial charge in [0.05, 0.1) is 39.6 Å². The van der Waals surface area contributed by atoms with Crippen molar-refractivity contribution in [3.8, 4) is 11.3 Å². The van der Waals surface area contributed by atoms with Gasteiger partial charge in [0.1, 0.15) is 17.0 Å². The molecular weight excluding hydrogens is 505 g/mol. The highest BCUT2D eigenvalue weighted by Gasteiger charge is 2.56. The molecule has 0 spiro atoms. The van der Waals surface area contributed by atoms with Gasteiger partial charge in [-0.2, -0.15) is 31.4 Å². The number of hydrogen-bond donors (Lipinski definition) is 2. The summed E-state index contributed by atoms with van der Waals surface area (Å²) in [7, 11) is 0. The Balaban J connectivity index is 1.70. The van der Waals surface area contributed by atoms with E-state index >= 15 is 4.39 Å². The van der Waals surface area contributed by atoms with E-state index in [0.717, 1.165) is 13.0 Å². The second-order valence-electron chi connectivity index (χ2n) is 9.95. The van der Waals surface area contributed by atoms with E-state index in [1.807, 2.05) is 0 Å². The van der Waals surface area contributed by atoms with Gasteiger partial charge in [-0.1, -0.05) is 6.58 Å². The molecule has 37 heavy (non-hydrogen) atoms. The van der Waals surface area contributed by atoms with Crippen LogP contribution in [-0.4, -0.2) is 39.0 Å². The van der Waals surface area contributed by atoms with Gasteiger partial charge < -0.3 is 11.1 Å². The summed E-state index contributed by atoms with van der Waals surface area (Å²) >= 11 is 0. The number of hydrogen-bond acceptors (Lipinski definition) is 5. The van der Waals surface area contributed by atoms with Gasteiger partial charge in [-0.3, -0.25) is 4.68 Å². The van der Waals surface area contributed by atoms with Gasteiger partial charge >= 0.3 is 12.4 Å². The highest BCUT2D eigenvalue weighted by molar-refractivity contribution is 5.97. The zero-order valence-electron chi connectivity index (χ0n) is 19.4. The summed E-state index contributed by atoms with van der Waals surface area (Å²) in [6.07, 6.45) is -8.71. The van der Waals surface area contributed by atoms with Crippen molar-refractivity contribution in [3.05, 3.63) is 41.1 Å². The summed E-state index contributed by atoms with van der Waals surface area (Å²) in [5, 5.41) is 7.63. The molecule has 0 aromatic carbocycles. The standard InChI is InChI=1S/C24H21F7N6/c1-8(23(26,27)28)19-16-21(15-12-6-33-7-13(12)15)36-37(10-3-4-10)22(16)18(25)20(35-19)11-5-14(32)34-9(2)17(11)24(29,30)31/h5,10,12-13,15,33H,1,3-4,6-7H2,2H3,(H2,32,34)/t12-,13+,15?. The minimum Gasteiger partial charge on any atom is -0.384 e. The third-order valence-corrected chi connectivity index (χ3v) is 7.50. The molecule has 3 aromatic rings. The van der Waals surface area contributed by atoms with Crippen molar-refractivity contribution in [2.45, 2.75) is 44.1 Å². The molecule has 6 nitrogen and oxygen atoms in total. The zero-order chi connectivity index (χ0) is 26.6. The van der Waals surface area contributed by atoms with Crippen molar-refractivity contribution in [1.29, 1.82) is 0 Å². The first-order chi connectivity index (χ1) is 17.3. The first kappa shape index (κ1) is 24.1. The number of fused-ring (bicyclic) bond motifs is 2. The van der Waals surface area contributed by atoms with E-state index in [1.54, 1.807) is 0 Å². The molecule has 1 saturated heterocycles. The van der Waals surface area contributed by atoms with Crippen molar-refractivity contribution >= 4 is 22.3 Å². The number of aromatic nitrogens is 4. The van der Waals surface area contributed by atoms with Crippen LogP contribution in [0.1, 0.15) is 47.4 Å². The van der Waals surface area contributed by atoms with Crippen LogP contribution >= 0.6 is 0 Å². The molecule has 6 rings (SSSR count). The summed E-state index contributed by atoms with van der Waals surface area (Å²) in [4.78, 5) is 7.53. The second kappa shape index (κ2) is 7.65. The monoisotopic (exact) mass is 526 g/mol. The Labute approximate surface area is 205 Å². The first-order valence-electron chi connectivity index (χ1n) is 11.7. The van der Waals surface area contributed by atoms with Crippen LogP contribution in [0.2, 0.25) is 0 Å². The summed E-state index contributed by atoms with van der Waals surface area (Å²) in [5.74, 6) is -1.45. The van der Waals surface area contributed by atoms with Crippen LogP contribution in [0.25, 0.3) is 27.7 Å². The van der Waals surface area contributed by atoms with Gasteiger partial charge in [0, 0.05) is 11.5 Å². The lowest BCUT2D eigenvalue weighted by molar-refractivity contribution is -0.137. The van der Waals surface area contributed by atoms with E-state index < -0.39 is 52.0 Å². The number of alkyl halides is 6. The number of halogens is 7. The van der Waals surface area contributed by atoms with Crippen molar-refractivity contribution in [2.75, 3.05) is 18.8 Å². The number of nitrogens with two attached hydrogens (primary N) is 1. The van der Waals surface area contributed by atoms with Crippen LogP contribution in [0.3, 0.4) is 0 Å². The van der Waals surface area contributed by atoms with Gasteiger partial charge in [-0.15, -0.1) is 0 Å². The van der Waals surface area contributed by atoms with Gasteiger partial charge in [-0.25, -0.2) is 14.4 Å². The Kier molecular flexibility index (Phi) is 4.99. The Morgan fingerprint density at radius 3 is 2.32 bits per heavy atom. The molecule has 2 saturated carbocycles. The number of nitrogens with one attached hydrogen (secondary N) is 1. The predicted molar refractivity (Wildman–Crippen MR) is 121 cm³/mol. The summed E-state index contributed by atoms with van der Waals surface area (Å²) in [5.41, 5.74) is 0.0214. The Hall–Kier alpha value is -3.22. The fraction of sp³-hybridized carbons (Fsp3) is 0.458. The second-order valence-corrected chi connectivity index (χ2v) is 9.95. The van der Waals surface area contributed by atoms with Crippen LogP contribution in [0, 0.1) is 24.6 Å². The molecule has 1 aliphatic heterocycles. The first-order valence-corrected chi connectivity index (χ1v) is 11.7. The Morgan fingerprint density at radius 2 is 1.76 bits per heavy atom. The maximum Gasteiger partial charge on any atom is 0.418 e. The molecule has 3 atom stereocenters. The summed E-state index contributed by atoms with van der Waals surface area (Å²) < 4.78 is 102. The minimum absolute atomic E-state index is 0.137. The number of nitrogen functional groups attached to an aromatic ring is 1. The lowest BCUT2D eigenvalue weighted by atomic mass is 9.98. The minimum atomic E-state index is -5.00. The van der Waals surface area contributed by atoms with Crippen molar-refractivity contribution in [1.82, 2.24) is 25.1 Å². The lowest BCUT2D eigenvalue weighted by Crippen LogP contribution is -2.16. The number of piperidine rings is 1. The zero-order valence-corrected chi connectivity index (χ0v) is 19.4. The van der Waals surface area contributed by atoms with E-state index in [0.29, 0.717) is 31.6 Å². The van der Waals surface area contributed by atoms with Gasteiger partial charge in [0.15, 0.2) is 5.82 Å². The third kappa shape index (κ3) is 3.69. The smallest absolute Gasteiger partial charge is 0.384 e. The number of aryl methyl sites for hydroxylation is 1. The highest BCUT2D eigenvalue weighted by atomic mass is 19.4. The highest BCUT2D eigenvalue weighted by Crippen LogP contribution is 2.58. The van der Waals surface area contributed by atoms with Gasteiger partial charge in [0.2, 0.25) is 0 Å². The van der Waals surface area contributed by atoms with E-state index in [4.69, 9.17) is 5.73 Å². The molecule has 3 fully saturated rings. The van der Waals surface area contributed by atoms with Crippen LogP contribution in [-0.2, 0) is 6.18 Å². The van der Waals surface area contributed by atoms with Crippen molar-refractivity contribution in [3.63, 3.8) is 0 Å². The van der Waals surface area contributed by atoms with Crippen LogP contribution in [0.5, 0.6) is 0 Å². The molecule has 0 radical (unpaired) electrons. The maximum absolute atomic E-state index is 16.3. The molecule has 2 aliphatic carbocycles. The van der Waals surface area contributed by atoms with Crippen LogP contribution in [0.4, 0.5) is 36.6 Å². The number of allylic oxidation sites excluding steroid dienone is 1. The maximum atomic E-state index is 16.3. The summed E-state index contributed by atoms with van der Waals surface area (Å²) in [6, 6.07) is 0.513. The molecule has 0 bridgehead atoms. The third-order valence-electron chi connectivity index (χ3n) is 7.50. The fourth-order valence-electron chi connectivity index (χ4n) is 5.64. The molecule has 3 aliphatic rings. The molecule has 1 unspecified atom stereocenters. The number of pyridine rings is 2. The molecule has 3 aromatic heterocycles. The van der Waals surface area contributed by atoms with Crippen LogP contribution in [0.15, 0.2) is 12.6 Å². The largest absolute Gasteiger partial charge is 0.418 e. The average molecular weight is 526 g/mol. The molecule has 3 N–H and O–H groups in total. The Morgan fingerprint density at radius 1 is 1.11 bits per heavy atom. The predicted octanol–water partition coefficient (Wildman–Crippen LogP) is 5.39. The van der Waals surface area contributed by atoms with Gasteiger partial charge in [-0.05, 0) is 50.8 Å². The quantitative estimate of drug-likeness (QED) is 0.446. The summed E-state index contributed by atoms with van der Waals surface area (Å²) in [6.45, 7) is 5.51. The Bertz CT molecular complexity index is 1460.